The van der Waals surface area contributed by atoms with Gasteiger partial charge in [0.05, 0.1) is 6.61 Å². The van der Waals surface area contributed by atoms with E-state index in [2.05, 4.69) is 0 Å². The van der Waals surface area contributed by atoms with E-state index in [4.69, 9.17) is 5.11 Å². The molecule has 1 aromatic heterocycles. The molecule has 3 heteroatoms. The molecule has 2 aromatic rings. The van der Waals surface area contributed by atoms with Crippen LogP contribution in [0.15, 0.2) is 48.7 Å². The first-order valence-electron chi connectivity index (χ1n) is 5.29. The van der Waals surface area contributed by atoms with E-state index in [1.54, 1.807) is 0 Å². The highest BCUT2D eigenvalue weighted by atomic mass is 16.3. The van der Waals surface area contributed by atoms with Gasteiger partial charge in [-0.15, -0.1) is 0 Å². The summed E-state index contributed by atoms with van der Waals surface area (Å²) in [5.74, 6) is 0. The molecule has 1 atom stereocenters. The van der Waals surface area contributed by atoms with Crippen molar-refractivity contribution in [3.63, 3.8) is 0 Å². The van der Waals surface area contributed by atoms with E-state index >= 15 is 0 Å². The van der Waals surface area contributed by atoms with Gasteiger partial charge in [0.1, 0.15) is 6.10 Å². The zero-order chi connectivity index (χ0) is 11.4. The van der Waals surface area contributed by atoms with Gasteiger partial charge in [-0.1, -0.05) is 30.3 Å². The Bertz CT molecular complexity index is 436. The number of hydrogen-bond acceptors (Lipinski definition) is 2. The third-order valence-electron chi connectivity index (χ3n) is 2.57. The second-order valence-electron chi connectivity index (χ2n) is 3.74. The molecule has 0 radical (unpaired) electrons. The Balaban J connectivity index is 2.19. The number of hydrogen-bond donors (Lipinski definition) is 2. The summed E-state index contributed by atoms with van der Waals surface area (Å²) in [5.41, 5.74) is 1.91. The van der Waals surface area contributed by atoms with Crippen molar-refractivity contribution in [3.05, 3.63) is 59.9 Å². The lowest BCUT2D eigenvalue weighted by atomic mass is 10.2. The van der Waals surface area contributed by atoms with Crippen molar-refractivity contribution < 1.29 is 10.2 Å². The lowest BCUT2D eigenvalue weighted by Gasteiger charge is -2.12. The van der Waals surface area contributed by atoms with Crippen LogP contribution < -0.4 is 0 Å². The molecular weight excluding hydrogens is 202 g/mol. The molecular formula is C13H15NO2. The lowest BCUT2D eigenvalue weighted by molar-refractivity contribution is 0.0895. The molecule has 3 nitrogen and oxygen atoms in total. The van der Waals surface area contributed by atoms with Crippen LogP contribution in [0.1, 0.15) is 17.4 Å². The summed E-state index contributed by atoms with van der Waals surface area (Å²) < 4.78 is 1.94. The average molecular weight is 217 g/mol. The van der Waals surface area contributed by atoms with Crippen LogP contribution in [0, 0.1) is 0 Å². The van der Waals surface area contributed by atoms with Crippen LogP contribution in [0.4, 0.5) is 0 Å². The van der Waals surface area contributed by atoms with Crippen molar-refractivity contribution in [1.29, 1.82) is 0 Å². The molecule has 0 aliphatic heterocycles. The minimum absolute atomic E-state index is 0.251. The molecule has 0 fully saturated rings. The summed E-state index contributed by atoms with van der Waals surface area (Å²) >= 11 is 0. The highest BCUT2D eigenvalue weighted by Crippen LogP contribution is 2.15. The van der Waals surface area contributed by atoms with Gasteiger partial charge in [0.2, 0.25) is 0 Å². The zero-order valence-corrected chi connectivity index (χ0v) is 8.95. The van der Waals surface area contributed by atoms with Gasteiger partial charge in [0, 0.05) is 18.4 Å². The third-order valence-corrected chi connectivity index (χ3v) is 2.57. The van der Waals surface area contributed by atoms with Crippen LogP contribution in [0.2, 0.25) is 0 Å². The Morgan fingerprint density at radius 2 is 1.81 bits per heavy atom. The molecule has 2 N–H and O–H groups in total. The van der Waals surface area contributed by atoms with Crippen LogP contribution in [0.3, 0.4) is 0 Å². The van der Waals surface area contributed by atoms with Crippen LogP contribution in [0.25, 0.3) is 0 Å². The topological polar surface area (TPSA) is 45.4 Å². The third kappa shape index (κ3) is 2.32. The van der Waals surface area contributed by atoms with Gasteiger partial charge in [-0.25, -0.2) is 0 Å². The van der Waals surface area contributed by atoms with E-state index in [9.17, 15) is 5.11 Å². The normalized spacial score (nSPS) is 12.6. The Morgan fingerprint density at radius 3 is 2.50 bits per heavy atom. The minimum Gasteiger partial charge on any atom is -0.393 e. The quantitative estimate of drug-likeness (QED) is 0.816. The van der Waals surface area contributed by atoms with Crippen LogP contribution >= 0.6 is 0 Å². The zero-order valence-electron chi connectivity index (χ0n) is 8.95. The molecule has 16 heavy (non-hydrogen) atoms. The number of rotatable bonds is 4. The van der Waals surface area contributed by atoms with Crippen molar-refractivity contribution >= 4 is 0 Å². The Labute approximate surface area is 94.6 Å². The summed E-state index contributed by atoms with van der Waals surface area (Å²) in [4.78, 5) is 0. The summed E-state index contributed by atoms with van der Waals surface area (Å²) in [6.07, 6.45) is 1.10. The first-order valence-corrected chi connectivity index (χ1v) is 5.29. The molecule has 0 spiro atoms. The molecule has 0 aliphatic carbocycles. The van der Waals surface area contributed by atoms with Crippen LogP contribution in [-0.2, 0) is 6.54 Å². The fraction of sp³-hybridized carbons (Fsp3) is 0.231. The van der Waals surface area contributed by atoms with Gasteiger partial charge in [0.15, 0.2) is 0 Å². The van der Waals surface area contributed by atoms with Crippen molar-refractivity contribution in [3.8, 4) is 0 Å². The molecule has 1 heterocycles. The van der Waals surface area contributed by atoms with E-state index in [1.807, 2.05) is 53.2 Å². The van der Waals surface area contributed by atoms with E-state index in [-0.39, 0.29) is 6.61 Å². The summed E-state index contributed by atoms with van der Waals surface area (Å²) in [5, 5.41) is 18.5. The number of aromatic nitrogens is 1. The SMILES string of the molecule is OCC(O)c1cccn1Cc1ccccc1. The summed E-state index contributed by atoms with van der Waals surface area (Å²) in [7, 11) is 0. The fourth-order valence-corrected chi connectivity index (χ4v) is 1.75. The molecule has 0 saturated carbocycles. The average Bonchev–Trinajstić information content (AvgIpc) is 2.77. The van der Waals surface area contributed by atoms with Crippen molar-refractivity contribution in [2.24, 2.45) is 0 Å². The first-order chi connectivity index (χ1) is 7.81. The predicted octanol–water partition coefficient (Wildman–Crippen LogP) is 1.56. The second-order valence-corrected chi connectivity index (χ2v) is 3.74. The maximum absolute atomic E-state index is 9.61. The largest absolute Gasteiger partial charge is 0.393 e. The van der Waals surface area contributed by atoms with Gasteiger partial charge in [-0.3, -0.25) is 0 Å². The van der Waals surface area contributed by atoms with Gasteiger partial charge in [-0.2, -0.15) is 0 Å². The Kier molecular flexibility index (Phi) is 3.39. The summed E-state index contributed by atoms with van der Waals surface area (Å²) in [6.45, 7) is 0.457. The standard InChI is InChI=1S/C13H15NO2/c15-10-13(16)12-7-4-8-14(12)9-11-5-2-1-3-6-11/h1-8,13,15-16H,9-10H2. The Morgan fingerprint density at radius 1 is 1.06 bits per heavy atom. The minimum atomic E-state index is -0.807. The predicted molar refractivity (Wildman–Crippen MR) is 62.0 cm³/mol. The Hall–Kier alpha value is -1.58. The van der Waals surface area contributed by atoms with E-state index < -0.39 is 6.10 Å². The van der Waals surface area contributed by atoms with Crippen LogP contribution in [-0.4, -0.2) is 21.4 Å². The number of nitrogens with zero attached hydrogens (tertiary/aromatic N) is 1. The van der Waals surface area contributed by atoms with Gasteiger partial charge in [-0.05, 0) is 17.7 Å². The molecule has 1 aromatic carbocycles. The van der Waals surface area contributed by atoms with Gasteiger partial charge < -0.3 is 14.8 Å². The van der Waals surface area contributed by atoms with E-state index in [0.717, 1.165) is 5.69 Å². The number of benzene rings is 1. The highest BCUT2D eigenvalue weighted by Gasteiger charge is 2.10. The molecule has 84 valence electrons. The number of aliphatic hydroxyl groups is 2. The van der Waals surface area contributed by atoms with Crippen molar-refractivity contribution in [2.45, 2.75) is 12.6 Å². The van der Waals surface area contributed by atoms with Gasteiger partial charge in [0.25, 0.3) is 0 Å². The molecule has 2 rings (SSSR count). The van der Waals surface area contributed by atoms with Crippen LogP contribution in [0.5, 0.6) is 0 Å². The van der Waals surface area contributed by atoms with E-state index in [1.165, 1.54) is 5.56 Å². The monoisotopic (exact) mass is 217 g/mol. The molecule has 0 aliphatic rings. The van der Waals surface area contributed by atoms with Gasteiger partial charge >= 0.3 is 0 Å². The lowest BCUT2D eigenvalue weighted by Crippen LogP contribution is -2.10. The maximum atomic E-state index is 9.61. The molecule has 0 bridgehead atoms. The highest BCUT2D eigenvalue weighted by molar-refractivity contribution is 5.18. The molecule has 1 unspecified atom stereocenters. The number of aliphatic hydroxyl groups excluding tert-OH is 2. The first kappa shape index (κ1) is 10.9. The molecule has 0 saturated heterocycles. The summed E-state index contributed by atoms with van der Waals surface area (Å²) in [6, 6.07) is 13.7. The fourth-order valence-electron chi connectivity index (χ4n) is 1.75. The smallest absolute Gasteiger partial charge is 0.117 e. The maximum Gasteiger partial charge on any atom is 0.117 e. The van der Waals surface area contributed by atoms with E-state index in [0.29, 0.717) is 6.54 Å². The second kappa shape index (κ2) is 4.96. The van der Waals surface area contributed by atoms with Crippen molar-refractivity contribution in [1.82, 2.24) is 4.57 Å². The molecule has 0 amide bonds. The van der Waals surface area contributed by atoms with Crippen molar-refractivity contribution in [2.75, 3.05) is 6.61 Å².